The van der Waals surface area contributed by atoms with Gasteiger partial charge in [0, 0.05) is 6.42 Å². The molecule has 0 bridgehead atoms. The van der Waals surface area contributed by atoms with Gasteiger partial charge >= 0.3 is 22.6 Å². The molecule has 0 atom stereocenters. The van der Waals surface area contributed by atoms with Crippen LogP contribution in [0.15, 0.2) is 12.3 Å². The van der Waals surface area contributed by atoms with E-state index in [0.717, 1.165) is 32.3 Å². The van der Waals surface area contributed by atoms with Crippen LogP contribution in [0.5, 0.6) is 0 Å². The first-order valence-corrected chi connectivity index (χ1v) is 4.02. The normalized spacial score (nSPS) is 10.5. The quantitative estimate of drug-likeness (QED) is 0.377. The standard InChI is InChI=1S/C5H8O.C2H6.CO2.2CHO.Ni/c1-5-3-2-4-6-5;1-2;2-1-3;2*1-2;/h1-4H2;1-2H3;;2*1H;/q;;;2*-1;+2/i;;;2*1D;. The monoisotopic (exact) mass is 276 g/mol. The zero-order valence-corrected chi connectivity index (χ0v) is 10.2. The Morgan fingerprint density at radius 1 is 1.38 bits per heavy atom. The molecule has 0 aromatic carbocycles. The Hall–Kier alpha value is -1.25. The summed E-state index contributed by atoms with van der Waals surface area (Å²) in [5.41, 5.74) is 0. The van der Waals surface area contributed by atoms with E-state index in [2.05, 4.69) is 6.58 Å². The van der Waals surface area contributed by atoms with Crippen LogP contribution in [0.1, 0.15) is 29.4 Å². The molecule has 1 heterocycles. The van der Waals surface area contributed by atoms with E-state index >= 15 is 0 Å². The molecule has 1 aliphatic heterocycles. The van der Waals surface area contributed by atoms with E-state index in [1.54, 1.807) is 0 Å². The van der Waals surface area contributed by atoms with Crippen LogP contribution >= 0.6 is 0 Å². The van der Waals surface area contributed by atoms with Crippen molar-refractivity contribution in [3.8, 4) is 0 Å². The molecule has 96 valence electrons. The molecular weight excluding hydrogens is 259 g/mol. The molecule has 1 rings (SSSR count). The molecule has 6 heteroatoms. The fourth-order valence-electron chi connectivity index (χ4n) is 0.558. The Morgan fingerprint density at radius 3 is 1.75 bits per heavy atom. The van der Waals surface area contributed by atoms with E-state index in [1.165, 1.54) is 6.42 Å². The topological polar surface area (TPSA) is 77.5 Å². The third-order valence-corrected chi connectivity index (χ3v) is 0.906. The number of allylic oxidation sites excluding steroid dienone is 1. The summed E-state index contributed by atoms with van der Waals surface area (Å²) in [6, 6.07) is 0. The van der Waals surface area contributed by atoms with Crippen LogP contribution in [-0.4, -0.2) is 26.3 Å². The molecule has 0 radical (unpaired) electrons. The maximum Gasteiger partial charge on any atom is 2.00 e. The molecule has 1 aliphatic rings. The number of hydrogen-bond donors (Lipinski definition) is 0. The Morgan fingerprint density at radius 2 is 1.69 bits per heavy atom. The van der Waals surface area contributed by atoms with E-state index in [9.17, 15) is 0 Å². The van der Waals surface area contributed by atoms with Crippen LogP contribution in [0, 0.1) is 0 Å². The van der Waals surface area contributed by atoms with Gasteiger partial charge in [0.1, 0.15) is 0 Å². The predicted octanol–water partition coefficient (Wildman–Crippen LogP) is 1.20. The molecular formula is C10H16NiO5. The number of hydrogen-bond acceptors (Lipinski definition) is 5. The van der Waals surface area contributed by atoms with Gasteiger partial charge in [0.05, 0.1) is 12.4 Å². The fourth-order valence-corrected chi connectivity index (χ4v) is 0.558. The molecule has 0 aromatic rings. The van der Waals surface area contributed by atoms with Crippen molar-refractivity contribution in [1.82, 2.24) is 0 Å². The van der Waals surface area contributed by atoms with Crippen molar-refractivity contribution in [3.63, 3.8) is 0 Å². The SMILES string of the molecule is C=C1CCCO1.CC.O=C=O.[2H][C-]=O.[2H][C-]=O.[Ni+2]. The average Bonchev–Trinajstić information content (AvgIpc) is 2.76. The van der Waals surface area contributed by atoms with Crippen molar-refractivity contribution in [2.24, 2.45) is 0 Å². The molecule has 0 spiro atoms. The molecule has 1 fully saturated rings. The van der Waals surface area contributed by atoms with Crippen molar-refractivity contribution in [2.45, 2.75) is 26.7 Å². The Labute approximate surface area is 109 Å². The van der Waals surface area contributed by atoms with E-state index in [4.69, 9.17) is 26.7 Å². The first kappa shape index (κ1) is 20.2. The van der Waals surface area contributed by atoms with Crippen molar-refractivity contribution in [2.75, 3.05) is 6.61 Å². The minimum Gasteiger partial charge on any atom is -0.545 e. The summed E-state index contributed by atoms with van der Waals surface area (Å²) in [5, 5.41) is 0. The zero-order chi connectivity index (χ0) is 14.5. The van der Waals surface area contributed by atoms with Crippen molar-refractivity contribution < 1.29 is 43.1 Å². The van der Waals surface area contributed by atoms with Crippen LogP contribution in [0.25, 0.3) is 0 Å². The Bertz CT molecular complexity index is 192. The Kier molecular flexibility index (Phi) is 61.9. The van der Waals surface area contributed by atoms with Gasteiger partial charge in [-0.1, -0.05) is 20.4 Å². The van der Waals surface area contributed by atoms with Gasteiger partial charge in [-0.05, 0) is 6.42 Å². The minimum absolute atomic E-state index is 0. The number of rotatable bonds is 0. The second-order valence-electron chi connectivity index (χ2n) is 1.57. The van der Waals surface area contributed by atoms with Crippen LogP contribution < -0.4 is 0 Å². The molecule has 5 nitrogen and oxygen atoms in total. The van der Waals surface area contributed by atoms with E-state index < -0.39 is 0 Å². The average molecular weight is 277 g/mol. The van der Waals surface area contributed by atoms with Gasteiger partial charge in [0.25, 0.3) is 0 Å². The molecule has 0 amide bonds. The number of carbonyl (C=O) groups excluding carboxylic acids is 4. The van der Waals surface area contributed by atoms with E-state index in [1.807, 2.05) is 13.8 Å². The summed E-state index contributed by atoms with van der Waals surface area (Å²) in [7, 11) is 0. The van der Waals surface area contributed by atoms with E-state index in [0.29, 0.717) is 0 Å². The summed E-state index contributed by atoms with van der Waals surface area (Å²) < 4.78 is 15.8. The maximum absolute atomic E-state index is 8.35. The predicted molar refractivity (Wildman–Crippen MR) is 54.2 cm³/mol. The van der Waals surface area contributed by atoms with Gasteiger partial charge in [-0.3, -0.25) is 13.5 Å². The van der Waals surface area contributed by atoms with Crippen LogP contribution in [0.4, 0.5) is 0 Å². The molecule has 0 N–H and O–H groups in total. The fraction of sp³-hybridized carbons (Fsp3) is 0.500. The zero-order valence-electron chi connectivity index (χ0n) is 11.2. The third-order valence-electron chi connectivity index (χ3n) is 0.906. The molecule has 0 saturated carbocycles. The summed E-state index contributed by atoms with van der Waals surface area (Å²) in [6.45, 7) is 10.0. The molecule has 0 aliphatic carbocycles. The van der Waals surface area contributed by atoms with Gasteiger partial charge in [-0.2, -0.15) is 12.3 Å². The third kappa shape index (κ3) is 53.2. The first-order chi connectivity index (χ1) is 8.14. The molecule has 16 heavy (non-hydrogen) atoms. The molecule has 0 unspecified atom stereocenters. The number of ether oxygens (including phenoxy) is 1. The maximum atomic E-state index is 8.35. The van der Waals surface area contributed by atoms with Crippen molar-refractivity contribution in [3.05, 3.63) is 12.3 Å². The summed E-state index contributed by atoms with van der Waals surface area (Å²) in [6.07, 6.45) is 2.48. The van der Waals surface area contributed by atoms with E-state index in [-0.39, 0.29) is 22.6 Å². The van der Waals surface area contributed by atoms with Gasteiger partial charge in [0.15, 0.2) is 0 Å². The van der Waals surface area contributed by atoms with Crippen LogP contribution in [0.2, 0.25) is 0 Å². The first-order valence-electron chi connectivity index (χ1n) is 5.02. The summed E-state index contributed by atoms with van der Waals surface area (Å²) >= 11 is 0. The largest absolute Gasteiger partial charge is 2.00 e. The van der Waals surface area contributed by atoms with Crippen molar-refractivity contribution >= 4 is 19.7 Å². The van der Waals surface area contributed by atoms with Crippen LogP contribution in [0.3, 0.4) is 0 Å². The summed E-state index contributed by atoms with van der Waals surface area (Å²) in [5.74, 6) is 0.954. The van der Waals surface area contributed by atoms with Gasteiger partial charge in [-0.15, -0.1) is 0 Å². The van der Waals surface area contributed by atoms with Gasteiger partial charge in [0.2, 0.25) is 0 Å². The van der Waals surface area contributed by atoms with Crippen LogP contribution in [-0.2, 0) is 40.4 Å². The Balaban J connectivity index is -0.0000000417. The van der Waals surface area contributed by atoms with Gasteiger partial charge in [-0.25, -0.2) is 0 Å². The second-order valence-corrected chi connectivity index (χ2v) is 1.57. The smallest absolute Gasteiger partial charge is 0.545 e. The van der Waals surface area contributed by atoms with Crippen molar-refractivity contribution in [1.29, 1.82) is 0 Å². The minimum atomic E-state index is 0. The molecule has 0 aromatic heterocycles. The molecule has 1 saturated heterocycles. The van der Waals surface area contributed by atoms with Gasteiger partial charge < -0.3 is 14.3 Å². The second kappa shape index (κ2) is 49.0. The summed E-state index contributed by atoms with van der Waals surface area (Å²) in [4.78, 5) is 32.9.